The molecule has 5 heteroatoms. The second-order valence-electron chi connectivity index (χ2n) is 8.41. The summed E-state index contributed by atoms with van der Waals surface area (Å²) in [5, 5.41) is 5.37. The number of benzene rings is 2. The molecule has 0 bridgehead atoms. The van der Waals surface area contributed by atoms with E-state index in [1.165, 1.54) is 11.1 Å². The maximum absolute atomic E-state index is 10.6. The highest BCUT2D eigenvalue weighted by molar-refractivity contribution is 5.93. The van der Waals surface area contributed by atoms with E-state index in [4.69, 9.17) is 9.51 Å². The van der Waals surface area contributed by atoms with Gasteiger partial charge in [-0.15, -0.1) is 0 Å². The number of unbranched alkanes of at least 4 members (excludes halogenated alkanes) is 1. The number of nitrogens with zero attached hydrogens (tertiary/aromatic N) is 3. The van der Waals surface area contributed by atoms with E-state index < -0.39 is 0 Å². The first-order chi connectivity index (χ1) is 15.1. The summed E-state index contributed by atoms with van der Waals surface area (Å²) in [6.45, 7) is 7.48. The first-order valence-corrected chi connectivity index (χ1v) is 11.1. The van der Waals surface area contributed by atoms with Gasteiger partial charge in [-0.3, -0.25) is 0 Å². The summed E-state index contributed by atoms with van der Waals surface area (Å²) >= 11 is 0. The number of fused-ring (bicyclic) bond motifs is 1. The molecule has 0 aliphatic carbocycles. The summed E-state index contributed by atoms with van der Waals surface area (Å²) in [5.74, 6) is 1.76. The van der Waals surface area contributed by atoms with Crippen molar-refractivity contribution in [3.05, 3.63) is 59.8 Å². The van der Waals surface area contributed by atoms with Gasteiger partial charge in [-0.25, -0.2) is 0 Å². The molecule has 0 aliphatic heterocycles. The first kappa shape index (κ1) is 21.0. The van der Waals surface area contributed by atoms with Crippen LogP contribution in [0.15, 0.2) is 53.2 Å². The fraction of sp³-hybridized carbons (Fsp3) is 0.346. The number of carbonyl (C=O) groups is 1. The van der Waals surface area contributed by atoms with Crippen molar-refractivity contribution in [3.63, 3.8) is 0 Å². The fourth-order valence-electron chi connectivity index (χ4n) is 4.14. The highest BCUT2D eigenvalue weighted by atomic mass is 16.5. The molecule has 4 aromatic rings. The Morgan fingerprint density at radius 3 is 2.77 bits per heavy atom. The second-order valence-corrected chi connectivity index (χ2v) is 8.41. The van der Waals surface area contributed by atoms with Gasteiger partial charge in [0.15, 0.2) is 0 Å². The monoisotopic (exact) mass is 415 g/mol. The van der Waals surface area contributed by atoms with Crippen molar-refractivity contribution in [3.8, 4) is 22.8 Å². The van der Waals surface area contributed by atoms with Crippen LogP contribution in [0.2, 0.25) is 0 Å². The number of aryl methyl sites for hydroxylation is 2. The summed E-state index contributed by atoms with van der Waals surface area (Å²) in [5.41, 5.74) is 5.75. The molecule has 5 nitrogen and oxygen atoms in total. The molecule has 0 N–H and O–H groups in total. The van der Waals surface area contributed by atoms with Gasteiger partial charge in [0.2, 0.25) is 5.82 Å². The predicted molar refractivity (Wildman–Crippen MR) is 124 cm³/mol. The standard InChI is InChI=1S/C26H29N3O2/c1-4-19-17-21(11-10-20(19)16-18(2)3)26-27-25(28-31-26)23-8-7-9-24-22(23)12-14-29(24)13-5-6-15-30/h7-12,14-15,17-18H,4-6,13,16H2,1-3H3. The van der Waals surface area contributed by atoms with Gasteiger partial charge in [0.1, 0.15) is 6.29 Å². The third kappa shape index (κ3) is 4.46. The zero-order valence-electron chi connectivity index (χ0n) is 18.5. The highest BCUT2D eigenvalue weighted by Gasteiger charge is 2.15. The zero-order valence-corrected chi connectivity index (χ0v) is 18.5. The quantitative estimate of drug-likeness (QED) is 0.245. The summed E-state index contributed by atoms with van der Waals surface area (Å²) in [6.07, 6.45) is 6.48. The Labute approximate surface area is 183 Å². The fourth-order valence-corrected chi connectivity index (χ4v) is 4.14. The SMILES string of the molecule is CCc1cc(-c2nc(-c3cccc4c3ccn4CCCC=O)no2)ccc1CC(C)C. The molecule has 0 atom stereocenters. The molecule has 0 amide bonds. The Morgan fingerprint density at radius 2 is 2.00 bits per heavy atom. The van der Waals surface area contributed by atoms with E-state index in [0.717, 1.165) is 54.1 Å². The van der Waals surface area contributed by atoms with Gasteiger partial charge < -0.3 is 13.9 Å². The largest absolute Gasteiger partial charge is 0.347 e. The molecule has 0 aliphatic rings. The van der Waals surface area contributed by atoms with E-state index in [2.05, 4.69) is 67.0 Å². The van der Waals surface area contributed by atoms with Gasteiger partial charge in [0.25, 0.3) is 5.89 Å². The van der Waals surface area contributed by atoms with Crippen LogP contribution in [0.25, 0.3) is 33.7 Å². The van der Waals surface area contributed by atoms with Crippen molar-refractivity contribution >= 4 is 17.2 Å². The lowest BCUT2D eigenvalue weighted by molar-refractivity contribution is -0.107. The normalized spacial score (nSPS) is 11.5. The van der Waals surface area contributed by atoms with E-state index >= 15 is 0 Å². The van der Waals surface area contributed by atoms with Crippen molar-refractivity contribution in [2.75, 3.05) is 0 Å². The Balaban J connectivity index is 1.65. The highest BCUT2D eigenvalue weighted by Crippen LogP contribution is 2.30. The van der Waals surface area contributed by atoms with Gasteiger partial charge in [-0.1, -0.05) is 44.1 Å². The molecule has 0 saturated heterocycles. The third-order valence-electron chi connectivity index (χ3n) is 5.66. The van der Waals surface area contributed by atoms with E-state index in [1.807, 2.05) is 12.1 Å². The third-order valence-corrected chi connectivity index (χ3v) is 5.66. The molecule has 160 valence electrons. The van der Waals surface area contributed by atoms with Crippen molar-refractivity contribution in [1.29, 1.82) is 0 Å². The number of aldehydes is 1. The molecule has 0 fully saturated rings. The number of aromatic nitrogens is 3. The Kier molecular flexibility index (Phi) is 6.31. The molecular formula is C26H29N3O2. The minimum atomic E-state index is 0.545. The van der Waals surface area contributed by atoms with Crippen LogP contribution in [0, 0.1) is 5.92 Å². The van der Waals surface area contributed by atoms with Gasteiger partial charge in [0.05, 0.1) is 0 Å². The molecule has 2 aromatic carbocycles. The van der Waals surface area contributed by atoms with E-state index in [1.54, 1.807) is 0 Å². The average Bonchev–Trinajstić information content (AvgIpc) is 3.41. The molecule has 2 aromatic heterocycles. The van der Waals surface area contributed by atoms with Crippen molar-refractivity contribution in [1.82, 2.24) is 14.7 Å². The minimum absolute atomic E-state index is 0.545. The summed E-state index contributed by atoms with van der Waals surface area (Å²) in [4.78, 5) is 15.3. The predicted octanol–water partition coefficient (Wildman–Crippen LogP) is 6.10. The van der Waals surface area contributed by atoms with E-state index in [9.17, 15) is 4.79 Å². The maximum atomic E-state index is 10.6. The van der Waals surface area contributed by atoms with Gasteiger partial charge in [-0.2, -0.15) is 4.98 Å². The van der Waals surface area contributed by atoms with Crippen LogP contribution in [-0.4, -0.2) is 21.0 Å². The molecule has 0 saturated carbocycles. The average molecular weight is 416 g/mol. The molecular weight excluding hydrogens is 386 g/mol. The first-order valence-electron chi connectivity index (χ1n) is 11.1. The lowest BCUT2D eigenvalue weighted by Gasteiger charge is -2.11. The zero-order chi connectivity index (χ0) is 21.8. The molecule has 4 rings (SSSR count). The molecule has 0 unspecified atom stereocenters. The Morgan fingerprint density at radius 1 is 1.13 bits per heavy atom. The Bertz CT molecular complexity index is 1190. The second kappa shape index (κ2) is 9.29. The van der Waals surface area contributed by atoms with Crippen molar-refractivity contribution in [2.24, 2.45) is 5.92 Å². The van der Waals surface area contributed by atoms with Crippen molar-refractivity contribution < 1.29 is 9.32 Å². The summed E-state index contributed by atoms with van der Waals surface area (Å²) in [6, 6.07) is 14.7. The van der Waals surface area contributed by atoms with Gasteiger partial charge in [-0.05, 0) is 60.6 Å². The molecule has 0 radical (unpaired) electrons. The Hall–Kier alpha value is -3.21. The lowest BCUT2D eigenvalue weighted by Crippen LogP contribution is -1.99. The lowest BCUT2D eigenvalue weighted by atomic mass is 9.95. The summed E-state index contributed by atoms with van der Waals surface area (Å²) < 4.78 is 7.82. The number of hydrogen-bond acceptors (Lipinski definition) is 4. The smallest absolute Gasteiger partial charge is 0.258 e. The van der Waals surface area contributed by atoms with Crippen LogP contribution >= 0.6 is 0 Å². The van der Waals surface area contributed by atoms with Gasteiger partial charge >= 0.3 is 0 Å². The minimum Gasteiger partial charge on any atom is -0.347 e. The van der Waals surface area contributed by atoms with Crippen LogP contribution in [0.1, 0.15) is 44.7 Å². The number of rotatable bonds is 9. The topological polar surface area (TPSA) is 60.9 Å². The van der Waals surface area contributed by atoms with Crippen LogP contribution < -0.4 is 0 Å². The molecule has 0 spiro atoms. The van der Waals surface area contributed by atoms with Crippen LogP contribution in [0.4, 0.5) is 0 Å². The maximum Gasteiger partial charge on any atom is 0.258 e. The van der Waals surface area contributed by atoms with E-state index in [-0.39, 0.29) is 0 Å². The van der Waals surface area contributed by atoms with Gasteiger partial charge in [0, 0.05) is 41.2 Å². The number of hydrogen-bond donors (Lipinski definition) is 0. The van der Waals surface area contributed by atoms with Crippen LogP contribution in [-0.2, 0) is 24.2 Å². The number of carbonyl (C=O) groups excluding carboxylic acids is 1. The van der Waals surface area contributed by atoms with Crippen LogP contribution in [0.5, 0.6) is 0 Å². The summed E-state index contributed by atoms with van der Waals surface area (Å²) in [7, 11) is 0. The molecule has 2 heterocycles. The van der Waals surface area contributed by atoms with Crippen molar-refractivity contribution in [2.45, 2.75) is 53.0 Å². The molecule has 31 heavy (non-hydrogen) atoms. The van der Waals surface area contributed by atoms with E-state index in [0.29, 0.717) is 24.1 Å². The van der Waals surface area contributed by atoms with Crippen LogP contribution in [0.3, 0.4) is 0 Å².